The number of guanidine groups is 1. The van der Waals surface area contributed by atoms with Crippen LogP contribution >= 0.6 is 0 Å². The van der Waals surface area contributed by atoms with Crippen molar-refractivity contribution in [3.05, 3.63) is 53.2 Å². The zero-order chi connectivity index (χ0) is 16.9. The van der Waals surface area contributed by atoms with Crippen molar-refractivity contribution < 1.29 is 4.42 Å². The van der Waals surface area contributed by atoms with Crippen molar-refractivity contribution in [2.75, 3.05) is 19.6 Å². The van der Waals surface area contributed by atoms with Gasteiger partial charge in [-0.3, -0.25) is 0 Å². The van der Waals surface area contributed by atoms with E-state index >= 15 is 0 Å². The minimum Gasteiger partial charge on any atom is -0.444 e. The topological polar surface area (TPSA) is 53.7 Å². The molecule has 1 N–H and O–H groups in total. The van der Waals surface area contributed by atoms with Gasteiger partial charge in [0.05, 0.1) is 5.69 Å². The number of hydrogen-bond acceptors (Lipinski definition) is 3. The van der Waals surface area contributed by atoms with Crippen molar-refractivity contribution in [3.63, 3.8) is 0 Å². The molecule has 1 aliphatic rings. The Morgan fingerprint density at radius 1 is 1.33 bits per heavy atom. The fourth-order valence-corrected chi connectivity index (χ4v) is 3.13. The second-order valence-corrected chi connectivity index (χ2v) is 6.26. The molecule has 0 bridgehead atoms. The fraction of sp³-hybridized carbons (Fsp3) is 0.474. The maximum absolute atomic E-state index is 5.63. The molecule has 2 aromatic rings. The summed E-state index contributed by atoms with van der Waals surface area (Å²) in [6, 6.07) is 10.7. The Morgan fingerprint density at radius 2 is 2.12 bits per heavy atom. The minimum absolute atomic E-state index is 0.476. The van der Waals surface area contributed by atoms with E-state index in [9.17, 15) is 0 Å². The standard InChI is InChI=1S/C19H26N4O/c1-4-20-19(21-12-18-22-14(2)15(3)24-18)23-11-10-17(13-23)16-8-6-5-7-9-16/h5-9,17H,4,10-13H2,1-3H3,(H,20,21). The molecular formula is C19H26N4O. The van der Waals surface area contributed by atoms with Crippen molar-refractivity contribution in [2.45, 2.75) is 39.7 Å². The average Bonchev–Trinajstić information content (AvgIpc) is 3.20. The van der Waals surface area contributed by atoms with Crippen molar-refractivity contribution in [3.8, 4) is 0 Å². The van der Waals surface area contributed by atoms with Gasteiger partial charge in [-0.1, -0.05) is 30.3 Å². The Hall–Kier alpha value is -2.30. The van der Waals surface area contributed by atoms with Crippen LogP contribution in [0, 0.1) is 13.8 Å². The second kappa shape index (κ2) is 7.51. The van der Waals surface area contributed by atoms with E-state index in [1.54, 1.807) is 0 Å². The number of aryl methyl sites for hydroxylation is 2. The molecule has 24 heavy (non-hydrogen) atoms. The normalized spacial score (nSPS) is 18.2. The SMILES string of the molecule is CCNC(=NCc1nc(C)c(C)o1)N1CCC(c2ccccc2)C1. The number of rotatable bonds is 4. The molecule has 0 amide bonds. The molecule has 3 rings (SSSR count). The zero-order valence-corrected chi connectivity index (χ0v) is 14.7. The highest BCUT2D eigenvalue weighted by Gasteiger charge is 2.25. The zero-order valence-electron chi connectivity index (χ0n) is 14.7. The van der Waals surface area contributed by atoms with Crippen LogP contribution in [0.15, 0.2) is 39.7 Å². The Labute approximate surface area is 143 Å². The highest BCUT2D eigenvalue weighted by Crippen LogP contribution is 2.27. The Balaban J connectivity index is 1.68. The lowest BCUT2D eigenvalue weighted by atomic mass is 9.99. The van der Waals surface area contributed by atoms with Crippen LogP contribution < -0.4 is 5.32 Å². The molecule has 1 saturated heterocycles. The Bertz CT molecular complexity index is 673. The summed E-state index contributed by atoms with van der Waals surface area (Å²) < 4.78 is 5.63. The average molecular weight is 326 g/mol. The molecule has 128 valence electrons. The Morgan fingerprint density at radius 3 is 2.79 bits per heavy atom. The van der Waals surface area contributed by atoms with Crippen molar-refractivity contribution in [1.29, 1.82) is 0 Å². The lowest BCUT2D eigenvalue weighted by Gasteiger charge is -2.21. The molecule has 1 aliphatic heterocycles. The van der Waals surface area contributed by atoms with Gasteiger partial charge >= 0.3 is 0 Å². The highest BCUT2D eigenvalue weighted by atomic mass is 16.4. The summed E-state index contributed by atoms with van der Waals surface area (Å²) in [5.41, 5.74) is 2.35. The molecule has 1 atom stereocenters. The first-order valence-corrected chi connectivity index (χ1v) is 8.68. The van der Waals surface area contributed by atoms with Gasteiger partial charge < -0.3 is 14.6 Å². The largest absolute Gasteiger partial charge is 0.444 e. The summed E-state index contributed by atoms with van der Waals surface area (Å²) in [4.78, 5) is 11.5. The molecule has 1 fully saturated rings. The molecule has 0 saturated carbocycles. The molecular weight excluding hydrogens is 300 g/mol. The van der Waals surface area contributed by atoms with E-state index in [1.807, 2.05) is 13.8 Å². The maximum atomic E-state index is 5.63. The molecule has 1 unspecified atom stereocenters. The van der Waals surface area contributed by atoms with E-state index in [-0.39, 0.29) is 0 Å². The van der Waals surface area contributed by atoms with Crippen LogP contribution in [0.5, 0.6) is 0 Å². The van der Waals surface area contributed by atoms with Crippen LogP contribution in [-0.2, 0) is 6.54 Å². The molecule has 1 aromatic heterocycles. The van der Waals surface area contributed by atoms with Gasteiger partial charge in [0.15, 0.2) is 5.96 Å². The summed E-state index contributed by atoms with van der Waals surface area (Å²) in [6.07, 6.45) is 1.16. The first kappa shape index (κ1) is 16.6. The van der Waals surface area contributed by atoms with Gasteiger partial charge in [-0.25, -0.2) is 9.98 Å². The van der Waals surface area contributed by atoms with E-state index in [0.717, 1.165) is 43.5 Å². The number of oxazole rings is 1. The van der Waals surface area contributed by atoms with Crippen molar-refractivity contribution >= 4 is 5.96 Å². The first-order valence-electron chi connectivity index (χ1n) is 8.68. The van der Waals surface area contributed by atoms with Crippen LogP contribution in [0.3, 0.4) is 0 Å². The Kier molecular flexibility index (Phi) is 5.18. The molecule has 1 aromatic carbocycles. The summed E-state index contributed by atoms with van der Waals surface area (Å²) >= 11 is 0. The predicted octanol–water partition coefficient (Wildman–Crippen LogP) is 3.25. The van der Waals surface area contributed by atoms with Crippen LogP contribution in [-0.4, -0.2) is 35.5 Å². The number of hydrogen-bond donors (Lipinski definition) is 1. The van der Waals surface area contributed by atoms with Crippen LogP contribution in [0.2, 0.25) is 0 Å². The third-order valence-electron chi connectivity index (χ3n) is 4.53. The summed E-state index contributed by atoms with van der Waals surface area (Å²) in [7, 11) is 0. The number of nitrogens with one attached hydrogen (secondary N) is 1. The van der Waals surface area contributed by atoms with E-state index in [2.05, 4.69) is 52.5 Å². The third kappa shape index (κ3) is 3.78. The number of likely N-dealkylation sites (tertiary alicyclic amines) is 1. The van der Waals surface area contributed by atoms with Crippen LogP contribution in [0.1, 0.15) is 42.2 Å². The number of nitrogens with zero attached hydrogens (tertiary/aromatic N) is 3. The van der Waals surface area contributed by atoms with Gasteiger partial charge in [0.2, 0.25) is 5.89 Å². The fourth-order valence-electron chi connectivity index (χ4n) is 3.13. The first-order chi connectivity index (χ1) is 11.7. The van der Waals surface area contributed by atoms with Crippen molar-refractivity contribution in [2.24, 2.45) is 4.99 Å². The van der Waals surface area contributed by atoms with E-state index in [4.69, 9.17) is 9.41 Å². The summed E-state index contributed by atoms with van der Waals surface area (Å²) in [5, 5.41) is 3.39. The number of aliphatic imine (C=N–C) groups is 1. The highest BCUT2D eigenvalue weighted by molar-refractivity contribution is 5.80. The van der Waals surface area contributed by atoms with E-state index in [1.165, 1.54) is 5.56 Å². The maximum Gasteiger partial charge on any atom is 0.216 e. The molecule has 0 radical (unpaired) electrons. The number of aromatic nitrogens is 1. The minimum atomic E-state index is 0.476. The van der Waals surface area contributed by atoms with Crippen LogP contribution in [0.25, 0.3) is 0 Å². The monoisotopic (exact) mass is 326 g/mol. The van der Waals surface area contributed by atoms with Crippen molar-refractivity contribution in [1.82, 2.24) is 15.2 Å². The van der Waals surface area contributed by atoms with Gasteiger partial charge in [0, 0.05) is 25.6 Å². The van der Waals surface area contributed by atoms with Gasteiger partial charge in [-0.15, -0.1) is 0 Å². The van der Waals surface area contributed by atoms with Gasteiger partial charge in [-0.05, 0) is 32.8 Å². The third-order valence-corrected chi connectivity index (χ3v) is 4.53. The van der Waals surface area contributed by atoms with Gasteiger partial charge in [0.1, 0.15) is 12.3 Å². The lowest BCUT2D eigenvalue weighted by molar-refractivity contribution is 0.461. The second-order valence-electron chi connectivity index (χ2n) is 6.26. The molecule has 5 nitrogen and oxygen atoms in total. The molecule has 0 spiro atoms. The quantitative estimate of drug-likeness (QED) is 0.692. The van der Waals surface area contributed by atoms with E-state index < -0.39 is 0 Å². The van der Waals surface area contributed by atoms with Crippen LogP contribution in [0.4, 0.5) is 0 Å². The smallest absolute Gasteiger partial charge is 0.216 e. The van der Waals surface area contributed by atoms with Gasteiger partial charge in [-0.2, -0.15) is 0 Å². The number of benzene rings is 1. The van der Waals surface area contributed by atoms with E-state index in [0.29, 0.717) is 18.4 Å². The molecule has 5 heteroatoms. The summed E-state index contributed by atoms with van der Waals surface area (Å²) in [5.74, 6) is 3.07. The molecule has 0 aliphatic carbocycles. The summed E-state index contributed by atoms with van der Waals surface area (Å²) in [6.45, 7) is 9.35. The molecule has 2 heterocycles. The predicted molar refractivity (Wildman–Crippen MR) is 96.2 cm³/mol. The lowest BCUT2D eigenvalue weighted by Crippen LogP contribution is -2.40. The van der Waals surface area contributed by atoms with Gasteiger partial charge in [0.25, 0.3) is 0 Å².